The van der Waals surface area contributed by atoms with Gasteiger partial charge in [0.1, 0.15) is 11.6 Å². The van der Waals surface area contributed by atoms with Crippen molar-refractivity contribution >= 4 is 11.6 Å². The van der Waals surface area contributed by atoms with Gasteiger partial charge in [-0.15, -0.1) is 0 Å². The molecule has 0 aromatic heterocycles. The van der Waals surface area contributed by atoms with Gasteiger partial charge < -0.3 is 0 Å². The van der Waals surface area contributed by atoms with Crippen molar-refractivity contribution in [1.29, 1.82) is 0 Å². The molecule has 0 spiro atoms. The lowest BCUT2D eigenvalue weighted by Gasteiger charge is -2.43. The van der Waals surface area contributed by atoms with E-state index in [0.717, 1.165) is 25.7 Å². The summed E-state index contributed by atoms with van der Waals surface area (Å²) in [6.45, 7) is 4.11. The molecule has 2 heteroatoms. The minimum Gasteiger partial charge on any atom is -0.299 e. The number of carbonyl (C=O) groups is 2. The molecule has 0 atom stereocenters. The van der Waals surface area contributed by atoms with Crippen molar-refractivity contribution in [3.05, 3.63) is 11.6 Å². The van der Waals surface area contributed by atoms with E-state index in [1.165, 1.54) is 5.57 Å². The molecule has 0 amide bonds. The summed E-state index contributed by atoms with van der Waals surface area (Å²) < 4.78 is 0. The maximum absolute atomic E-state index is 12.0. The molecular weight excluding hydrogens is 200 g/mol. The summed E-state index contributed by atoms with van der Waals surface area (Å²) in [5, 5.41) is 0. The molecule has 3 saturated carbocycles. The Kier molecular flexibility index (Phi) is 3.00. The topological polar surface area (TPSA) is 34.1 Å². The maximum atomic E-state index is 12.0. The number of Topliss-reactive ketones (excluding diaryl/α,β-unsaturated/α-hetero) is 2. The highest BCUT2D eigenvalue weighted by atomic mass is 16.2. The molecule has 3 rings (SSSR count). The summed E-state index contributed by atoms with van der Waals surface area (Å²) in [5.74, 6) is 0.814. The normalized spacial score (nSPS) is 33.0. The summed E-state index contributed by atoms with van der Waals surface area (Å²) in [6.07, 6.45) is 6.93. The van der Waals surface area contributed by atoms with Crippen molar-refractivity contribution in [1.82, 2.24) is 0 Å². The number of hydrogen-bond acceptors (Lipinski definition) is 2. The molecule has 88 valence electrons. The first-order chi connectivity index (χ1) is 7.54. The third kappa shape index (κ3) is 1.85. The van der Waals surface area contributed by atoms with Gasteiger partial charge in [-0.1, -0.05) is 11.6 Å². The molecule has 0 heterocycles. The lowest BCUT2D eigenvalue weighted by atomic mass is 9.57. The van der Waals surface area contributed by atoms with Crippen LogP contribution in [0.2, 0.25) is 0 Å². The number of allylic oxidation sites excluding steroid dienone is 2. The lowest BCUT2D eigenvalue weighted by Crippen LogP contribution is -2.49. The Morgan fingerprint density at radius 1 is 1.31 bits per heavy atom. The van der Waals surface area contributed by atoms with Crippen LogP contribution in [-0.4, -0.2) is 11.6 Å². The molecule has 3 aliphatic rings. The molecule has 0 aromatic carbocycles. The zero-order chi connectivity index (χ0) is 11.8. The van der Waals surface area contributed by atoms with Gasteiger partial charge in [0.2, 0.25) is 0 Å². The van der Waals surface area contributed by atoms with Gasteiger partial charge in [0.05, 0.1) is 5.41 Å². The minimum absolute atomic E-state index is 0.224. The van der Waals surface area contributed by atoms with Crippen LogP contribution in [0, 0.1) is 11.3 Å². The van der Waals surface area contributed by atoms with Gasteiger partial charge in [-0.05, 0) is 45.4 Å². The standard InChI is InChI=1S/C14H20O2/c1-10(2)4-3-6-14-7-5-11(8-12(14)15)9-13(14)16/h4,11H,3,5-9H2,1-2H3. The van der Waals surface area contributed by atoms with E-state index in [1.54, 1.807) is 0 Å². The van der Waals surface area contributed by atoms with Gasteiger partial charge in [-0.25, -0.2) is 0 Å². The molecule has 0 aliphatic heterocycles. The van der Waals surface area contributed by atoms with Crippen LogP contribution in [0.15, 0.2) is 11.6 Å². The SMILES string of the molecule is CC(C)=CCCC12CCC(CC1=O)CC2=O. The van der Waals surface area contributed by atoms with Crippen molar-refractivity contribution in [2.45, 2.75) is 52.4 Å². The Bertz CT molecular complexity index is 330. The molecule has 2 bridgehead atoms. The molecule has 3 fully saturated rings. The van der Waals surface area contributed by atoms with Gasteiger partial charge >= 0.3 is 0 Å². The summed E-state index contributed by atoms with van der Waals surface area (Å²) >= 11 is 0. The largest absolute Gasteiger partial charge is 0.299 e. The van der Waals surface area contributed by atoms with Gasteiger partial charge in [0.15, 0.2) is 0 Å². The zero-order valence-electron chi connectivity index (χ0n) is 10.2. The van der Waals surface area contributed by atoms with Crippen LogP contribution in [0.4, 0.5) is 0 Å². The Morgan fingerprint density at radius 2 is 1.94 bits per heavy atom. The van der Waals surface area contributed by atoms with Crippen LogP contribution in [0.5, 0.6) is 0 Å². The average molecular weight is 220 g/mol. The first-order valence-electron chi connectivity index (χ1n) is 6.24. The van der Waals surface area contributed by atoms with Crippen LogP contribution in [-0.2, 0) is 9.59 Å². The third-order valence-corrected chi connectivity index (χ3v) is 4.12. The molecule has 0 N–H and O–H groups in total. The highest BCUT2D eigenvalue weighted by molar-refractivity contribution is 6.09. The Balaban J connectivity index is 2.11. The van der Waals surface area contributed by atoms with Gasteiger partial charge in [0, 0.05) is 12.8 Å². The Morgan fingerprint density at radius 3 is 2.44 bits per heavy atom. The van der Waals surface area contributed by atoms with Crippen molar-refractivity contribution in [3.63, 3.8) is 0 Å². The second kappa shape index (κ2) is 4.15. The average Bonchev–Trinajstić information content (AvgIpc) is 2.19. The zero-order valence-corrected chi connectivity index (χ0v) is 10.2. The van der Waals surface area contributed by atoms with Crippen molar-refractivity contribution in [3.8, 4) is 0 Å². The van der Waals surface area contributed by atoms with Gasteiger partial charge in [-0.3, -0.25) is 9.59 Å². The first-order valence-corrected chi connectivity index (χ1v) is 6.24. The Labute approximate surface area is 97.1 Å². The van der Waals surface area contributed by atoms with E-state index in [-0.39, 0.29) is 11.6 Å². The molecular formula is C14H20O2. The predicted molar refractivity (Wildman–Crippen MR) is 63.1 cm³/mol. The second-order valence-corrected chi connectivity index (χ2v) is 5.56. The highest BCUT2D eigenvalue weighted by Crippen LogP contribution is 2.48. The fourth-order valence-electron chi connectivity index (χ4n) is 3.09. The molecule has 0 radical (unpaired) electrons. The van der Waals surface area contributed by atoms with E-state index >= 15 is 0 Å². The fourth-order valence-corrected chi connectivity index (χ4v) is 3.09. The molecule has 2 nitrogen and oxygen atoms in total. The van der Waals surface area contributed by atoms with Gasteiger partial charge in [0.25, 0.3) is 0 Å². The van der Waals surface area contributed by atoms with Gasteiger partial charge in [-0.2, -0.15) is 0 Å². The van der Waals surface area contributed by atoms with E-state index in [0.29, 0.717) is 18.8 Å². The fraction of sp³-hybridized carbons (Fsp3) is 0.714. The van der Waals surface area contributed by atoms with E-state index in [2.05, 4.69) is 19.9 Å². The summed E-state index contributed by atoms with van der Waals surface area (Å²) in [4.78, 5) is 24.0. The minimum atomic E-state index is -0.583. The molecule has 0 unspecified atom stereocenters. The number of rotatable bonds is 3. The summed E-state index contributed by atoms with van der Waals surface area (Å²) in [5.41, 5.74) is 0.682. The van der Waals surface area contributed by atoms with E-state index < -0.39 is 5.41 Å². The van der Waals surface area contributed by atoms with E-state index in [4.69, 9.17) is 0 Å². The second-order valence-electron chi connectivity index (χ2n) is 5.56. The van der Waals surface area contributed by atoms with Crippen LogP contribution < -0.4 is 0 Å². The van der Waals surface area contributed by atoms with Crippen molar-refractivity contribution < 1.29 is 9.59 Å². The van der Waals surface area contributed by atoms with Crippen molar-refractivity contribution in [2.24, 2.45) is 11.3 Å². The van der Waals surface area contributed by atoms with Crippen LogP contribution in [0.3, 0.4) is 0 Å². The Hall–Kier alpha value is -0.920. The van der Waals surface area contributed by atoms with E-state index in [9.17, 15) is 9.59 Å². The lowest BCUT2D eigenvalue weighted by molar-refractivity contribution is -0.151. The molecule has 3 aliphatic carbocycles. The molecule has 0 aromatic rings. The quantitative estimate of drug-likeness (QED) is 0.541. The predicted octanol–water partition coefficient (Wildman–Crippen LogP) is 3.06. The molecule has 16 heavy (non-hydrogen) atoms. The number of fused-ring (bicyclic) bond motifs is 3. The maximum Gasteiger partial charge on any atom is 0.146 e. The molecule has 0 saturated heterocycles. The summed E-state index contributed by atoms with van der Waals surface area (Å²) in [6, 6.07) is 0. The van der Waals surface area contributed by atoms with Crippen molar-refractivity contribution in [2.75, 3.05) is 0 Å². The van der Waals surface area contributed by atoms with Crippen LogP contribution in [0.1, 0.15) is 52.4 Å². The van der Waals surface area contributed by atoms with E-state index in [1.807, 2.05) is 0 Å². The number of carbonyl (C=O) groups excluding carboxylic acids is 2. The third-order valence-electron chi connectivity index (χ3n) is 4.12. The van der Waals surface area contributed by atoms with Crippen LogP contribution in [0.25, 0.3) is 0 Å². The number of ketones is 2. The first kappa shape index (κ1) is 11.6. The van der Waals surface area contributed by atoms with Crippen LogP contribution >= 0.6 is 0 Å². The smallest absolute Gasteiger partial charge is 0.146 e. The summed E-state index contributed by atoms with van der Waals surface area (Å²) in [7, 11) is 0. The highest BCUT2D eigenvalue weighted by Gasteiger charge is 2.52. The number of hydrogen-bond donors (Lipinski definition) is 0. The monoisotopic (exact) mass is 220 g/mol.